The number of fused-ring (bicyclic) bond motifs is 1. The van der Waals surface area contributed by atoms with Gasteiger partial charge < -0.3 is 20.5 Å². The van der Waals surface area contributed by atoms with Crippen LogP contribution in [0.3, 0.4) is 0 Å². The van der Waals surface area contributed by atoms with Crippen LogP contribution in [0.25, 0.3) is 10.8 Å². The maximum absolute atomic E-state index is 13.2. The van der Waals surface area contributed by atoms with Crippen molar-refractivity contribution in [3.05, 3.63) is 126 Å². The Bertz CT molecular complexity index is 1720. The minimum atomic E-state index is -1.10. The van der Waals surface area contributed by atoms with E-state index in [0.29, 0.717) is 27.9 Å². The summed E-state index contributed by atoms with van der Waals surface area (Å²) in [6.07, 6.45) is 0. The molecule has 204 valence electrons. The lowest BCUT2D eigenvalue weighted by Crippen LogP contribution is -2.22. The maximum Gasteiger partial charge on any atom is 0.336 e. The zero-order valence-electron chi connectivity index (χ0n) is 22.0. The molecule has 0 fully saturated rings. The predicted octanol–water partition coefficient (Wildman–Crippen LogP) is 7.70. The minimum absolute atomic E-state index is 0.0655. The van der Waals surface area contributed by atoms with E-state index >= 15 is 0 Å². The van der Waals surface area contributed by atoms with E-state index in [1.807, 2.05) is 43.3 Å². The molecule has 7 nitrogen and oxygen atoms in total. The van der Waals surface area contributed by atoms with Gasteiger partial charge in [-0.1, -0.05) is 48.5 Å². The molecule has 5 rings (SSSR count). The third-order valence-electron chi connectivity index (χ3n) is 6.25. The Labute approximate surface area is 241 Å². The van der Waals surface area contributed by atoms with Gasteiger partial charge >= 0.3 is 5.97 Å². The third kappa shape index (κ3) is 6.74. The SMILES string of the molecule is CC(Sc1cccc(NC(=O)c2cccc3cccc(C(=O)O)c23)c1)C(=O)Nc1ccc(Oc2ccccc2)cc1. The zero-order valence-corrected chi connectivity index (χ0v) is 22.9. The first kappa shape index (κ1) is 27.5. The highest BCUT2D eigenvalue weighted by atomic mass is 32.2. The number of amides is 2. The summed E-state index contributed by atoms with van der Waals surface area (Å²) >= 11 is 1.36. The number of aromatic carboxylic acids is 1. The van der Waals surface area contributed by atoms with Crippen molar-refractivity contribution in [1.82, 2.24) is 0 Å². The fourth-order valence-electron chi connectivity index (χ4n) is 4.29. The highest BCUT2D eigenvalue weighted by Crippen LogP contribution is 2.29. The summed E-state index contributed by atoms with van der Waals surface area (Å²) in [5.41, 5.74) is 1.52. The van der Waals surface area contributed by atoms with Crippen LogP contribution in [-0.4, -0.2) is 28.1 Å². The maximum atomic E-state index is 13.2. The quantitative estimate of drug-likeness (QED) is 0.159. The molecule has 2 amide bonds. The molecule has 0 saturated heterocycles. The van der Waals surface area contributed by atoms with E-state index in [0.717, 1.165) is 10.6 Å². The van der Waals surface area contributed by atoms with E-state index in [4.69, 9.17) is 4.74 Å². The highest BCUT2D eigenvalue weighted by Gasteiger charge is 2.18. The number of carbonyl (C=O) groups is 3. The number of para-hydroxylation sites is 1. The average molecular weight is 563 g/mol. The van der Waals surface area contributed by atoms with Crippen molar-refractivity contribution in [3.63, 3.8) is 0 Å². The van der Waals surface area contributed by atoms with Gasteiger partial charge in [0.25, 0.3) is 5.91 Å². The molecule has 0 saturated carbocycles. The third-order valence-corrected chi connectivity index (χ3v) is 7.35. The van der Waals surface area contributed by atoms with Crippen LogP contribution in [0.1, 0.15) is 27.6 Å². The molecule has 41 heavy (non-hydrogen) atoms. The molecule has 1 atom stereocenters. The van der Waals surface area contributed by atoms with E-state index in [1.54, 1.807) is 72.8 Å². The number of carbonyl (C=O) groups excluding carboxylic acids is 2. The Balaban J connectivity index is 1.22. The summed E-state index contributed by atoms with van der Waals surface area (Å²) in [6.45, 7) is 1.81. The van der Waals surface area contributed by atoms with Gasteiger partial charge in [0.05, 0.1) is 10.8 Å². The Kier molecular flexibility index (Phi) is 8.31. The number of hydrogen-bond donors (Lipinski definition) is 3. The van der Waals surface area contributed by atoms with E-state index in [1.165, 1.54) is 17.8 Å². The molecular formula is C33H26N2O5S. The first-order valence-corrected chi connectivity index (χ1v) is 13.7. The largest absolute Gasteiger partial charge is 0.478 e. The molecule has 5 aromatic carbocycles. The van der Waals surface area contributed by atoms with E-state index in [2.05, 4.69) is 10.6 Å². The number of rotatable bonds is 9. The summed E-state index contributed by atoms with van der Waals surface area (Å²) < 4.78 is 5.80. The molecule has 0 spiro atoms. The molecule has 0 aromatic heterocycles. The summed E-state index contributed by atoms with van der Waals surface area (Å²) in [7, 11) is 0. The van der Waals surface area contributed by atoms with Crippen molar-refractivity contribution in [3.8, 4) is 11.5 Å². The predicted molar refractivity (Wildman–Crippen MR) is 162 cm³/mol. The summed E-state index contributed by atoms with van der Waals surface area (Å²) in [6, 6.07) is 33.8. The topological polar surface area (TPSA) is 105 Å². The van der Waals surface area contributed by atoms with Gasteiger partial charge in [-0.25, -0.2) is 4.79 Å². The van der Waals surface area contributed by atoms with Crippen molar-refractivity contribution in [1.29, 1.82) is 0 Å². The fourth-order valence-corrected chi connectivity index (χ4v) is 5.21. The molecule has 0 aliphatic heterocycles. The smallest absolute Gasteiger partial charge is 0.336 e. The first-order chi connectivity index (χ1) is 19.9. The van der Waals surface area contributed by atoms with Crippen LogP contribution in [-0.2, 0) is 4.79 Å². The van der Waals surface area contributed by atoms with Gasteiger partial charge in [0.15, 0.2) is 0 Å². The lowest BCUT2D eigenvalue weighted by molar-refractivity contribution is -0.115. The Morgan fingerprint density at radius 1 is 0.707 bits per heavy atom. The van der Waals surface area contributed by atoms with Crippen LogP contribution in [0.2, 0.25) is 0 Å². The zero-order chi connectivity index (χ0) is 28.8. The summed E-state index contributed by atoms with van der Waals surface area (Å²) in [4.78, 5) is 38.6. The average Bonchev–Trinajstić information content (AvgIpc) is 2.98. The second-order valence-corrected chi connectivity index (χ2v) is 10.6. The van der Waals surface area contributed by atoms with Gasteiger partial charge in [-0.05, 0) is 79.0 Å². The van der Waals surface area contributed by atoms with Gasteiger partial charge in [-0.3, -0.25) is 9.59 Å². The Hall–Kier alpha value is -5.08. The first-order valence-electron chi connectivity index (χ1n) is 12.8. The van der Waals surface area contributed by atoms with Crippen LogP contribution in [0.15, 0.2) is 120 Å². The normalized spacial score (nSPS) is 11.4. The number of hydrogen-bond acceptors (Lipinski definition) is 5. The van der Waals surface area contributed by atoms with Crippen LogP contribution >= 0.6 is 11.8 Å². The number of anilines is 2. The van der Waals surface area contributed by atoms with Gasteiger partial charge in [-0.15, -0.1) is 11.8 Å². The molecule has 5 aromatic rings. The van der Waals surface area contributed by atoms with Crippen LogP contribution in [0.4, 0.5) is 11.4 Å². The molecular weight excluding hydrogens is 536 g/mol. The molecule has 8 heteroatoms. The standard InChI is InChI=1S/C33H26N2O5S/c1-21(31(36)34-23-16-18-26(19-17-23)40-25-11-3-2-4-12-25)41-27-13-7-10-24(20-27)35-32(37)28-14-5-8-22-9-6-15-29(30(22)28)33(38)39/h2-21H,1H3,(H,34,36)(H,35,37)(H,38,39). The number of thioether (sulfide) groups is 1. The highest BCUT2D eigenvalue weighted by molar-refractivity contribution is 8.00. The van der Waals surface area contributed by atoms with Crippen molar-refractivity contribution >= 4 is 51.7 Å². The molecule has 0 aliphatic carbocycles. The molecule has 1 unspecified atom stereocenters. The summed E-state index contributed by atoms with van der Waals surface area (Å²) in [5.74, 6) is -0.291. The van der Waals surface area contributed by atoms with E-state index in [-0.39, 0.29) is 17.0 Å². The van der Waals surface area contributed by atoms with Gasteiger partial charge in [0.2, 0.25) is 5.91 Å². The number of nitrogens with one attached hydrogen (secondary N) is 2. The number of ether oxygens (including phenoxy) is 1. The van der Waals surface area contributed by atoms with Gasteiger partial charge in [-0.2, -0.15) is 0 Å². The number of benzene rings is 5. The molecule has 0 heterocycles. The fraction of sp³-hybridized carbons (Fsp3) is 0.0606. The van der Waals surface area contributed by atoms with Crippen LogP contribution in [0, 0.1) is 0 Å². The Morgan fingerprint density at radius 3 is 2.07 bits per heavy atom. The molecule has 0 radical (unpaired) electrons. The lowest BCUT2D eigenvalue weighted by Gasteiger charge is -2.14. The van der Waals surface area contributed by atoms with E-state index in [9.17, 15) is 19.5 Å². The summed E-state index contributed by atoms with van der Waals surface area (Å²) in [5, 5.41) is 16.0. The van der Waals surface area contributed by atoms with Crippen molar-refractivity contribution in [2.24, 2.45) is 0 Å². The lowest BCUT2D eigenvalue weighted by atomic mass is 9.98. The van der Waals surface area contributed by atoms with Crippen LogP contribution < -0.4 is 15.4 Å². The van der Waals surface area contributed by atoms with Gasteiger partial charge in [0, 0.05) is 27.2 Å². The molecule has 0 bridgehead atoms. The van der Waals surface area contributed by atoms with Crippen molar-refractivity contribution in [2.75, 3.05) is 10.6 Å². The van der Waals surface area contributed by atoms with E-state index < -0.39 is 17.1 Å². The number of carboxylic acids is 1. The molecule has 0 aliphatic rings. The monoisotopic (exact) mass is 562 g/mol. The second kappa shape index (κ2) is 12.4. The second-order valence-electron chi connectivity index (χ2n) is 9.19. The number of carboxylic acid groups (broad SMARTS) is 1. The van der Waals surface area contributed by atoms with Crippen LogP contribution in [0.5, 0.6) is 11.5 Å². The minimum Gasteiger partial charge on any atom is -0.478 e. The van der Waals surface area contributed by atoms with Crippen molar-refractivity contribution in [2.45, 2.75) is 17.1 Å². The van der Waals surface area contributed by atoms with Gasteiger partial charge in [0.1, 0.15) is 11.5 Å². The molecule has 3 N–H and O–H groups in total. The van der Waals surface area contributed by atoms with Crippen molar-refractivity contribution < 1.29 is 24.2 Å². The Morgan fingerprint density at radius 2 is 1.37 bits per heavy atom.